The quantitative estimate of drug-likeness (QED) is 0.660. The van der Waals surface area contributed by atoms with Crippen LogP contribution in [0.1, 0.15) is 46.0 Å². The molecule has 0 aromatic rings. The molecule has 0 saturated heterocycles. The molecule has 4 heteroatoms. The molecule has 110 valence electrons. The molecule has 0 aliphatic carbocycles. The van der Waals surface area contributed by atoms with E-state index in [-0.39, 0.29) is 5.92 Å². The van der Waals surface area contributed by atoms with Crippen molar-refractivity contribution in [2.75, 3.05) is 34.3 Å². The summed E-state index contributed by atoms with van der Waals surface area (Å²) < 4.78 is 0.945. The largest absolute Gasteiger partial charge is 0.481 e. The standard InChI is InChI=1S/C8H16O2.C6H16NO/c1-3-5-6-7(4-2)8(9)10;1-7(2,3)5-4-6-8/h7H,3-6H2,1-2H3,(H,9,10);8H,4-6H2,1-3H3/q;+1. The van der Waals surface area contributed by atoms with Gasteiger partial charge in [0.15, 0.2) is 0 Å². The molecule has 1 unspecified atom stereocenters. The Bertz CT molecular complexity index is 200. The van der Waals surface area contributed by atoms with Gasteiger partial charge >= 0.3 is 5.97 Å². The van der Waals surface area contributed by atoms with Crippen molar-refractivity contribution in [3.05, 3.63) is 0 Å². The van der Waals surface area contributed by atoms with Crippen LogP contribution >= 0.6 is 0 Å². The summed E-state index contributed by atoms with van der Waals surface area (Å²) in [5.41, 5.74) is 0. The summed E-state index contributed by atoms with van der Waals surface area (Å²) >= 11 is 0. The molecular weight excluding hydrogens is 230 g/mol. The number of hydrogen-bond acceptors (Lipinski definition) is 2. The number of carboxylic acids is 1. The van der Waals surface area contributed by atoms with Crippen LogP contribution in [0.3, 0.4) is 0 Å². The van der Waals surface area contributed by atoms with Crippen LogP contribution in [0, 0.1) is 5.92 Å². The number of quaternary nitrogens is 1. The first-order valence-electron chi connectivity index (χ1n) is 6.92. The monoisotopic (exact) mass is 262 g/mol. The molecule has 2 N–H and O–H groups in total. The van der Waals surface area contributed by atoms with Crippen molar-refractivity contribution in [1.29, 1.82) is 0 Å². The van der Waals surface area contributed by atoms with Crippen LogP contribution in [0.15, 0.2) is 0 Å². The normalized spacial score (nSPS) is 12.6. The molecule has 0 heterocycles. The smallest absolute Gasteiger partial charge is 0.306 e. The van der Waals surface area contributed by atoms with Gasteiger partial charge in [0.1, 0.15) is 0 Å². The summed E-state index contributed by atoms with van der Waals surface area (Å²) in [6.45, 7) is 5.37. The van der Waals surface area contributed by atoms with Crippen LogP contribution in [0.5, 0.6) is 0 Å². The highest BCUT2D eigenvalue weighted by Crippen LogP contribution is 2.11. The lowest BCUT2D eigenvalue weighted by Gasteiger charge is -2.22. The van der Waals surface area contributed by atoms with Gasteiger partial charge in [0.25, 0.3) is 0 Å². The van der Waals surface area contributed by atoms with Gasteiger partial charge in [-0.2, -0.15) is 0 Å². The van der Waals surface area contributed by atoms with Gasteiger partial charge in [-0.1, -0.05) is 26.7 Å². The SMILES string of the molecule is CCCCC(CC)C(=O)O.C[N+](C)(C)CCCO. The van der Waals surface area contributed by atoms with Crippen molar-refractivity contribution >= 4 is 5.97 Å². The van der Waals surface area contributed by atoms with Crippen molar-refractivity contribution in [2.24, 2.45) is 5.92 Å². The minimum atomic E-state index is -0.643. The fraction of sp³-hybridized carbons (Fsp3) is 0.929. The molecule has 0 rings (SSSR count). The van der Waals surface area contributed by atoms with Crippen molar-refractivity contribution in [1.82, 2.24) is 0 Å². The van der Waals surface area contributed by atoms with Crippen LogP contribution in [0.2, 0.25) is 0 Å². The Morgan fingerprint density at radius 3 is 1.94 bits per heavy atom. The minimum absolute atomic E-state index is 0.111. The summed E-state index contributed by atoms with van der Waals surface area (Å²) in [6, 6.07) is 0. The van der Waals surface area contributed by atoms with Gasteiger partial charge in [-0.25, -0.2) is 0 Å². The van der Waals surface area contributed by atoms with Gasteiger partial charge in [-0.05, 0) is 12.8 Å². The number of nitrogens with zero attached hydrogens (tertiary/aromatic N) is 1. The summed E-state index contributed by atoms with van der Waals surface area (Å²) in [5, 5.41) is 17.0. The van der Waals surface area contributed by atoms with E-state index in [0.29, 0.717) is 6.61 Å². The van der Waals surface area contributed by atoms with Gasteiger partial charge in [0.2, 0.25) is 0 Å². The van der Waals surface area contributed by atoms with Crippen molar-refractivity contribution in [2.45, 2.75) is 46.0 Å². The maximum absolute atomic E-state index is 10.4. The molecule has 0 bridgehead atoms. The molecule has 0 fully saturated rings. The number of rotatable bonds is 8. The molecular formula is C14H32NO3+. The summed E-state index contributed by atoms with van der Waals surface area (Å²) in [7, 11) is 6.36. The van der Waals surface area contributed by atoms with Crippen LogP contribution in [0.4, 0.5) is 0 Å². The predicted molar refractivity (Wildman–Crippen MR) is 75.5 cm³/mol. The Labute approximate surface area is 112 Å². The fourth-order valence-corrected chi connectivity index (χ4v) is 1.50. The third-order valence-electron chi connectivity index (χ3n) is 2.74. The molecule has 4 nitrogen and oxygen atoms in total. The van der Waals surface area contributed by atoms with Gasteiger partial charge in [-0.15, -0.1) is 0 Å². The van der Waals surface area contributed by atoms with E-state index >= 15 is 0 Å². The zero-order valence-electron chi connectivity index (χ0n) is 12.8. The van der Waals surface area contributed by atoms with Gasteiger partial charge < -0.3 is 14.7 Å². The molecule has 0 radical (unpaired) electrons. The van der Waals surface area contributed by atoms with E-state index in [4.69, 9.17) is 10.2 Å². The molecule has 1 atom stereocenters. The van der Waals surface area contributed by atoms with Gasteiger partial charge in [0, 0.05) is 13.0 Å². The topological polar surface area (TPSA) is 57.5 Å². The molecule has 0 aromatic heterocycles. The summed E-state index contributed by atoms with van der Waals surface area (Å²) in [5.74, 6) is -0.754. The average molecular weight is 262 g/mol. The van der Waals surface area contributed by atoms with Crippen LogP contribution < -0.4 is 0 Å². The second-order valence-corrected chi connectivity index (χ2v) is 5.68. The van der Waals surface area contributed by atoms with E-state index in [0.717, 1.165) is 43.1 Å². The second-order valence-electron chi connectivity index (χ2n) is 5.68. The number of aliphatic hydroxyl groups excluding tert-OH is 1. The fourth-order valence-electron chi connectivity index (χ4n) is 1.50. The maximum atomic E-state index is 10.4. The highest BCUT2D eigenvalue weighted by atomic mass is 16.4. The van der Waals surface area contributed by atoms with Crippen LogP contribution in [-0.4, -0.2) is 55.0 Å². The molecule has 0 aromatic carbocycles. The van der Waals surface area contributed by atoms with Crippen molar-refractivity contribution in [3.63, 3.8) is 0 Å². The maximum Gasteiger partial charge on any atom is 0.306 e. The molecule has 0 aliphatic rings. The summed E-state index contributed by atoms with van der Waals surface area (Å²) in [4.78, 5) is 10.4. The van der Waals surface area contributed by atoms with Crippen LogP contribution in [0.25, 0.3) is 0 Å². The zero-order valence-corrected chi connectivity index (χ0v) is 12.8. The Morgan fingerprint density at radius 2 is 1.72 bits per heavy atom. The third-order valence-corrected chi connectivity index (χ3v) is 2.74. The first kappa shape index (κ1) is 19.7. The van der Waals surface area contributed by atoms with E-state index in [9.17, 15) is 4.79 Å². The first-order valence-corrected chi connectivity index (χ1v) is 6.92. The van der Waals surface area contributed by atoms with E-state index in [1.54, 1.807) is 0 Å². The highest BCUT2D eigenvalue weighted by molar-refractivity contribution is 5.69. The third kappa shape index (κ3) is 15.4. The molecule has 0 amide bonds. The first-order chi connectivity index (χ1) is 8.28. The van der Waals surface area contributed by atoms with E-state index in [2.05, 4.69) is 28.1 Å². The lowest BCUT2D eigenvalue weighted by atomic mass is 10.00. The van der Waals surface area contributed by atoms with E-state index in [1.165, 1.54) is 0 Å². The number of carboxylic acid groups (broad SMARTS) is 1. The number of aliphatic carboxylic acids is 1. The van der Waals surface area contributed by atoms with E-state index in [1.807, 2.05) is 6.92 Å². The lowest BCUT2D eigenvalue weighted by molar-refractivity contribution is -0.870. The summed E-state index contributed by atoms with van der Waals surface area (Å²) in [6.07, 6.45) is 4.62. The average Bonchev–Trinajstić information content (AvgIpc) is 2.27. The number of hydrogen-bond donors (Lipinski definition) is 2. The highest BCUT2D eigenvalue weighted by Gasteiger charge is 2.12. The van der Waals surface area contributed by atoms with Crippen LogP contribution in [-0.2, 0) is 4.79 Å². The van der Waals surface area contributed by atoms with Crippen molar-refractivity contribution < 1.29 is 19.5 Å². The van der Waals surface area contributed by atoms with E-state index < -0.39 is 5.97 Å². The molecule has 0 spiro atoms. The Kier molecular flexibility index (Phi) is 12.6. The van der Waals surface area contributed by atoms with Gasteiger partial charge in [-0.3, -0.25) is 4.79 Å². The predicted octanol–water partition coefficient (Wildman–Crippen LogP) is 2.36. The number of carbonyl (C=O) groups is 1. The Morgan fingerprint density at radius 1 is 1.17 bits per heavy atom. The minimum Gasteiger partial charge on any atom is -0.481 e. The second kappa shape index (κ2) is 11.5. The molecule has 0 saturated carbocycles. The zero-order chi connectivity index (χ0) is 14.6. The number of aliphatic hydroxyl groups is 1. The molecule has 0 aliphatic heterocycles. The lowest BCUT2D eigenvalue weighted by Crippen LogP contribution is -2.35. The Balaban J connectivity index is 0. The van der Waals surface area contributed by atoms with Gasteiger partial charge in [0.05, 0.1) is 33.6 Å². The Hall–Kier alpha value is -0.610. The van der Waals surface area contributed by atoms with Crippen molar-refractivity contribution in [3.8, 4) is 0 Å². The number of unbranched alkanes of at least 4 members (excludes halogenated alkanes) is 1. The molecule has 18 heavy (non-hydrogen) atoms.